The molecule has 2 aromatic heterocycles. The molecule has 0 radical (unpaired) electrons. The number of phenolic OH excluding ortho intramolecular Hbond substituents is 2. The molecule has 0 unspecified atom stereocenters. The monoisotopic (exact) mass is 290 g/mol. The highest BCUT2D eigenvalue weighted by molar-refractivity contribution is 5.71. The highest BCUT2D eigenvalue weighted by Crippen LogP contribution is 2.25. The van der Waals surface area contributed by atoms with Crippen molar-refractivity contribution in [3.8, 4) is 22.9 Å². The molecule has 0 saturated heterocycles. The van der Waals surface area contributed by atoms with E-state index < -0.39 is 0 Å². The fourth-order valence-corrected chi connectivity index (χ4v) is 2.01. The Kier molecular flexibility index (Phi) is 3.83. The molecule has 0 amide bonds. The van der Waals surface area contributed by atoms with Crippen LogP contribution in [0.3, 0.4) is 0 Å². The third kappa shape index (κ3) is 3.12. The summed E-state index contributed by atoms with van der Waals surface area (Å²) in [4.78, 5) is 8.65. The van der Waals surface area contributed by atoms with E-state index in [1.54, 1.807) is 18.5 Å². The van der Waals surface area contributed by atoms with Crippen LogP contribution in [-0.2, 0) is 0 Å². The molecule has 0 aliphatic rings. The van der Waals surface area contributed by atoms with E-state index in [-0.39, 0.29) is 11.5 Å². The number of rotatable bonds is 3. The van der Waals surface area contributed by atoms with Crippen LogP contribution in [0.25, 0.3) is 23.5 Å². The van der Waals surface area contributed by atoms with Crippen molar-refractivity contribution in [1.82, 2.24) is 9.97 Å². The van der Waals surface area contributed by atoms with E-state index in [1.165, 1.54) is 12.1 Å². The van der Waals surface area contributed by atoms with Gasteiger partial charge in [-0.3, -0.25) is 9.97 Å². The number of pyridine rings is 2. The summed E-state index contributed by atoms with van der Waals surface area (Å²) in [6, 6.07) is 14.3. The van der Waals surface area contributed by atoms with Gasteiger partial charge in [0.1, 0.15) is 0 Å². The van der Waals surface area contributed by atoms with Crippen LogP contribution in [0.1, 0.15) is 11.1 Å². The van der Waals surface area contributed by atoms with Crippen LogP contribution in [0.2, 0.25) is 0 Å². The minimum Gasteiger partial charge on any atom is -0.504 e. The van der Waals surface area contributed by atoms with Gasteiger partial charge in [-0.1, -0.05) is 30.4 Å². The second-order valence-corrected chi connectivity index (χ2v) is 4.77. The minimum absolute atomic E-state index is 0.126. The molecule has 3 aromatic rings. The zero-order valence-electron chi connectivity index (χ0n) is 11.7. The lowest BCUT2D eigenvalue weighted by molar-refractivity contribution is 0.403. The maximum absolute atomic E-state index is 9.46. The standard InChI is InChI=1S/C18H14N2O2/c21-17-9-7-13(11-18(17)22)4-5-14-6-8-16(20-12-14)15-3-1-2-10-19-15/h1-12,21-22H. The predicted octanol–water partition coefficient (Wildman–Crippen LogP) is 3.73. The Morgan fingerprint density at radius 1 is 0.727 bits per heavy atom. The molecule has 22 heavy (non-hydrogen) atoms. The van der Waals surface area contributed by atoms with Gasteiger partial charge in [0, 0.05) is 12.4 Å². The molecule has 0 saturated carbocycles. The molecule has 3 rings (SSSR count). The first-order valence-electron chi connectivity index (χ1n) is 6.80. The SMILES string of the molecule is Oc1ccc(C=Cc2ccc(-c3ccccn3)nc2)cc1O. The normalized spacial score (nSPS) is 10.9. The third-order valence-electron chi connectivity index (χ3n) is 3.18. The zero-order chi connectivity index (χ0) is 15.4. The molecule has 0 atom stereocenters. The maximum atomic E-state index is 9.46. The number of aromatic nitrogens is 2. The van der Waals surface area contributed by atoms with Crippen molar-refractivity contribution >= 4 is 12.2 Å². The molecule has 2 N–H and O–H groups in total. The topological polar surface area (TPSA) is 66.2 Å². The van der Waals surface area contributed by atoms with E-state index in [2.05, 4.69) is 9.97 Å². The van der Waals surface area contributed by atoms with Gasteiger partial charge in [0.15, 0.2) is 11.5 Å². The molecule has 0 spiro atoms. The first-order valence-corrected chi connectivity index (χ1v) is 6.80. The fraction of sp³-hybridized carbons (Fsp3) is 0. The maximum Gasteiger partial charge on any atom is 0.157 e. The lowest BCUT2D eigenvalue weighted by Gasteiger charge is -2.00. The number of hydrogen-bond acceptors (Lipinski definition) is 4. The van der Waals surface area contributed by atoms with Gasteiger partial charge in [0.05, 0.1) is 11.4 Å². The van der Waals surface area contributed by atoms with Crippen molar-refractivity contribution in [2.75, 3.05) is 0 Å². The summed E-state index contributed by atoms with van der Waals surface area (Å²) >= 11 is 0. The van der Waals surface area contributed by atoms with Crippen LogP contribution in [0.4, 0.5) is 0 Å². The van der Waals surface area contributed by atoms with E-state index >= 15 is 0 Å². The molecule has 2 heterocycles. The summed E-state index contributed by atoms with van der Waals surface area (Å²) in [5, 5.41) is 18.7. The highest BCUT2D eigenvalue weighted by atomic mass is 16.3. The van der Waals surface area contributed by atoms with E-state index in [1.807, 2.05) is 42.5 Å². The van der Waals surface area contributed by atoms with Gasteiger partial charge in [-0.05, 0) is 41.5 Å². The first-order chi connectivity index (χ1) is 10.7. The summed E-state index contributed by atoms with van der Waals surface area (Å²) < 4.78 is 0. The van der Waals surface area contributed by atoms with E-state index in [0.717, 1.165) is 22.5 Å². The van der Waals surface area contributed by atoms with Crippen LogP contribution >= 0.6 is 0 Å². The van der Waals surface area contributed by atoms with Gasteiger partial charge in [0.25, 0.3) is 0 Å². The second-order valence-electron chi connectivity index (χ2n) is 4.77. The van der Waals surface area contributed by atoms with Gasteiger partial charge in [-0.15, -0.1) is 0 Å². The van der Waals surface area contributed by atoms with Crippen molar-refractivity contribution in [3.05, 3.63) is 72.1 Å². The third-order valence-corrected chi connectivity index (χ3v) is 3.18. The summed E-state index contributed by atoms with van der Waals surface area (Å²) in [5.41, 5.74) is 3.39. The Labute approximate surface area is 128 Å². The quantitative estimate of drug-likeness (QED) is 0.721. The Balaban J connectivity index is 1.78. The molecule has 108 valence electrons. The first kappa shape index (κ1) is 13.8. The lowest BCUT2D eigenvalue weighted by atomic mass is 10.1. The molecule has 0 fully saturated rings. The van der Waals surface area contributed by atoms with Gasteiger partial charge < -0.3 is 10.2 Å². The van der Waals surface area contributed by atoms with Crippen molar-refractivity contribution in [2.24, 2.45) is 0 Å². The van der Waals surface area contributed by atoms with Crippen molar-refractivity contribution in [1.29, 1.82) is 0 Å². The van der Waals surface area contributed by atoms with Crippen LogP contribution in [0.5, 0.6) is 11.5 Å². The molecular formula is C18H14N2O2. The molecular weight excluding hydrogens is 276 g/mol. The van der Waals surface area contributed by atoms with Gasteiger partial charge >= 0.3 is 0 Å². The average molecular weight is 290 g/mol. The van der Waals surface area contributed by atoms with Crippen molar-refractivity contribution in [3.63, 3.8) is 0 Å². The summed E-state index contributed by atoms with van der Waals surface area (Å²) in [7, 11) is 0. The van der Waals surface area contributed by atoms with Gasteiger partial charge in [-0.25, -0.2) is 0 Å². The number of phenols is 2. The zero-order valence-corrected chi connectivity index (χ0v) is 11.7. The molecule has 0 aliphatic heterocycles. The number of benzene rings is 1. The van der Waals surface area contributed by atoms with Crippen molar-refractivity contribution in [2.45, 2.75) is 0 Å². The smallest absolute Gasteiger partial charge is 0.157 e. The lowest BCUT2D eigenvalue weighted by Crippen LogP contribution is -1.86. The molecule has 0 aliphatic carbocycles. The van der Waals surface area contributed by atoms with E-state index in [9.17, 15) is 10.2 Å². The summed E-state index contributed by atoms with van der Waals surface area (Å²) in [6.07, 6.45) is 7.24. The van der Waals surface area contributed by atoms with Crippen LogP contribution in [-0.4, -0.2) is 20.2 Å². The van der Waals surface area contributed by atoms with E-state index in [4.69, 9.17) is 0 Å². The Hall–Kier alpha value is -3.14. The largest absolute Gasteiger partial charge is 0.504 e. The predicted molar refractivity (Wildman–Crippen MR) is 86.2 cm³/mol. The summed E-state index contributed by atoms with van der Waals surface area (Å²) in [5.74, 6) is -0.260. The number of hydrogen-bond donors (Lipinski definition) is 2. The number of nitrogens with zero attached hydrogens (tertiary/aromatic N) is 2. The highest BCUT2D eigenvalue weighted by Gasteiger charge is 2.00. The Bertz CT molecular complexity index is 797. The molecule has 1 aromatic carbocycles. The molecule has 4 nitrogen and oxygen atoms in total. The Morgan fingerprint density at radius 3 is 2.18 bits per heavy atom. The van der Waals surface area contributed by atoms with Crippen LogP contribution in [0, 0.1) is 0 Å². The van der Waals surface area contributed by atoms with Gasteiger partial charge in [-0.2, -0.15) is 0 Å². The number of aromatic hydroxyl groups is 2. The fourth-order valence-electron chi connectivity index (χ4n) is 2.01. The minimum atomic E-state index is -0.134. The summed E-state index contributed by atoms with van der Waals surface area (Å²) in [6.45, 7) is 0. The second kappa shape index (κ2) is 6.10. The average Bonchev–Trinajstić information content (AvgIpc) is 2.57. The van der Waals surface area contributed by atoms with Gasteiger partial charge in [0.2, 0.25) is 0 Å². The molecule has 0 bridgehead atoms. The molecule has 4 heteroatoms. The Morgan fingerprint density at radius 2 is 1.50 bits per heavy atom. The van der Waals surface area contributed by atoms with E-state index in [0.29, 0.717) is 0 Å². The van der Waals surface area contributed by atoms with Crippen molar-refractivity contribution < 1.29 is 10.2 Å². The van der Waals surface area contributed by atoms with Crippen LogP contribution in [0.15, 0.2) is 60.9 Å². The van der Waals surface area contributed by atoms with Crippen LogP contribution < -0.4 is 0 Å².